The van der Waals surface area contributed by atoms with E-state index in [4.69, 9.17) is 4.74 Å². The van der Waals surface area contributed by atoms with Gasteiger partial charge in [-0.05, 0) is 31.2 Å². The monoisotopic (exact) mass is 315 g/mol. The predicted molar refractivity (Wildman–Crippen MR) is 86.7 cm³/mol. The number of para-hydroxylation sites is 1. The highest BCUT2D eigenvalue weighted by atomic mass is 32.2. The first-order valence-electron chi connectivity index (χ1n) is 6.40. The summed E-state index contributed by atoms with van der Waals surface area (Å²) >= 11 is 3.13. The third-order valence-corrected chi connectivity index (χ3v) is 5.19. The molecule has 3 rings (SSSR count). The molecule has 0 atom stereocenters. The Labute approximate surface area is 131 Å². The van der Waals surface area contributed by atoms with Gasteiger partial charge in [0.05, 0.1) is 22.9 Å². The Morgan fingerprint density at radius 1 is 1.19 bits per heavy atom. The number of carbonyl (C=O) groups is 1. The molecule has 2 aromatic carbocycles. The minimum Gasteiger partial charge on any atom is -0.496 e. The third-order valence-electron chi connectivity index (χ3n) is 3.03. The lowest BCUT2D eigenvalue weighted by molar-refractivity contribution is 0.101. The van der Waals surface area contributed by atoms with Gasteiger partial charge in [0.1, 0.15) is 5.75 Å². The Morgan fingerprint density at radius 3 is 2.71 bits per heavy atom. The first-order valence-corrected chi connectivity index (χ1v) is 8.03. The lowest BCUT2D eigenvalue weighted by Crippen LogP contribution is -1.99. The normalized spacial score (nSPS) is 10.8. The first kappa shape index (κ1) is 14.1. The number of ether oxygens (including phenoxy) is 1. The number of hydrogen-bond acceptors (Lipinski definition) is 5. The van der Waals surface area contributed by atoms with Crippen molar-refractivity contribution in [2.24, 2.45) is 0 Å². The molecule has 0 bridgehead atoms. The summed E-state index contributed by atoms with van der Waals surface area (Å²) in [6.07, 6.45) is 0. The van der Waals surface area contributed by atoms with Crippen LogP contribution in [-0.4, -0.2) is 17.9 Å². The van der Waals surface area contributed by atoms with Crippen molar-refractivity contribution >= 4 is 39.1 Å². The van der Waals surface area contributed by atoms with Gasteiger partial charge >= 0.3 is 0 Å². The van der Waals surface area contributed by atoms with E-state index in [2.05, 4.69) is 11.1 Å². The Bertz CT molecular complexity index is 778. The molecule has 0 radical (unpaired) electrons. The van der Waals surface area contributed by atoms with E-state index >= 15 is 0 Å². The van der Waals surface area contributed by atoms with Crippen molar-refractivity contribution in [3.05, 3.63) is 48.0 Å². The Morgan fingerprint density at radius 2 is 2.00 bits per heavy atom. The molecule has 0 N–H and O–H groups in total. The maximum atomic E-state index is 11.9. The van der Waals surface area contributed by atoms with E-state index in [9.17, 15) is 4.79 Å². The molecule has 0 saturated carbocycles. The number of carbonyl (C=O) groups excluding carboxylic acids is 1. The second-order valence-electron chi connectivity index (χ2n) is 4.44. The van der Waals surface area contributed by atoms with Crippen LogP contribution in [-0.2, 0) is 0 Å². The summed E-state index contributed by atoms with van der Waals surface area (Å²) in [4.78, 5) is 17.4. The standard InChI is InChI=1S/C16H13NO2S2/c1-10(18)15-12(19-2)7-5-9-14(15)21-16-17-11-6-3-4-8-13(11)20-16/h3-9H,1-2H3. The Balaban J connectivity index is 2.03. The van der Waals surface area contributed by atoms with Crippen LogP contribution in [0.4, 0.5) is 0 Å². The van der Waals surface area contributed by atoms with Crippen LogP contribution in [0.5, 0.6) is 5.75 Å². The smallest absolute Gasteiger partial charge is 0.164 e. The van der Waals surface area contributed by atoms with Crippen LogP contribution in [0.2, 0.25) is 0 Å². The number of nitrogens with zero attached hydrogens (tertiary/aromatic N) is 1. The van der Waals surface area contributed by atoms with Crippen molar-refractivity contribution in [1.82, 2.24) is 4.98 Å². The minimum absolute atomic E-state index is 0.00365. The van der Waals surface area contributed by atoms with Gasteiger partial charge in [-0.1, -0.05) is 30.0 Å². The summed E-state index contributed by atoms with van der Waals surface area (Å²) in [6.45, 7) is 1.56. The Kier molecular flexibility index (Phi) is 3.94. The molecule has 3 nitrogen and oxygen atoms in total. The number of benzene rings is 2. The number of thiazole rings is 1. The topological polar surface area (TPSA) is 39.2 Å². The molecule has 3 aromatic rings. The van der Waals surface area contributed by atoms with Crippen LogP contribution in [0.1, 0.15) is 17.3 Å². The average Bonchev–Trinajstić information content (AvgIpc) is 2.88. The van der Waals surface area contributed by atoms with Crippen molar-refractivity contribution in [3.63, 3.8) is 0 Å². The first-order chi connectivity index (χ1) is 10.2. The van der Waals surface area contributed by atoms with Gasteiger partial charge in [-0.3, -0.25) is 4.79 Å². The van der Waals surface area contributed by atoms with E-state index in [0.29, 0.717) is 11.3 Å². The van der Waals surface area contributed by atoms with Crippen LogP contribution in [0.25, 0.3) is 10.2 Å². The van der Waals surface area contributed by atoms with Crippen molar-refractivity contribution in [2.75, 3.05) is 7.11 Å². The van der Waals surface area contributed by atoms with E-state index in [0.717, 1.165) is 19.5 Å². The zero-order chi connectivity index (χ0) is 14.8. The Hall–Kier alpha value is -1.85. The number of Topliss-reactive ketones (excluding diaryl/α,β-unsaturated/α-hetero) is 1. The second-order valence-corrected chi connectivity index (χ2v) is 6.76. The molecule has 1 heterocycles. The molecular formula is C16H13NO2S2. The van der Waals surface area contributed by atoms with E-state index < -0.39 is 0 Å². The lowest BCUT2D eigenvalue weighted by Gasteiger charge is -2.09. The van der Waals surface area contributed by atoms with Gasteiger partial charge in [0.2, 0.25) is 0 Å². The molecule has 0 aliphatic heterocycles. The summed E-state index contributed by atoms with van der Waals surface area (Å²) in [6, 6.07) is 13.6. The van der Waals surface area contributed by atoms with Gasteiger partial charge in [0, 0.05) is 4.90 Å². The number of hydrogen-bond donors (Lipinski definition) is 0. The number of aromatic nitrogens is 1. The second kappa shape index (κ2) is 5.87. The molecule has 1 aromatic heterocycles. The van der Waals surface area contributed by atoms with Crippen LogP contribution in [0, 0.1) is 0 Å². The van der Waals surface area contributed by atoms with Gasteiger partial charge in [-0.2, -0.15) is 0 Å². The highest BCUT2D eigenvalue weighted by Gasteiger charge is 2.16. The van der Waals surface area contributed by atoms with E-state index in [1.54, 1.807) is 31.4 Å². The maximum absolute atomic E-state index is 11.9. The number of ketones is 1. The highest BCUT2D eigenvalue weighted by molar-refractivity contribution is 8.01. The van der Waals surface area contributed by atoms with Crippen molar-refractivity contribution in [1.29, 1.82) is 0 Å². The van der Waals surface area contributed by atoms with Crippen LogP contribution < -0.4 is 4.74 Å². The van der Waals surface area contributed by atoms with Crippen molar-refractivity contribution < 1.29 is 9.53 Å². The quantitative estimate of drug-likeness (QED) is 0.656. The average molecular weight is 315 g/mol. The van der Waals surface area contributed by atoms with Gasteiger partial charge in [-0.25, -0.2) is 4.98 Å². The molecule has 0 spiro atoms. The van der Waals surface area contributed by atoms with E-state index in [-0.39, 0.29) is 5.78 Å². The SMILES string of the molecule is COc1cccc(Sc2nc3ccccc3s2)c1C(C)=O. The molecule has 0 fully saturated rings. The summed E-state index contributed by atoms with van der Waals surface area (Å²) in [5, 5.41) is 0. The summed E-state index contributed by atoms with van der Waals surface area (Å²) in [5.74, 6) is 0.602. The molecule has 0 saturated heterocycles. The van der Waals surface area contributed by atoms with Crippen molar-refractivity contribution in [2.45, 2.75) is 16.2 Å². The highest BCUT2D eigenvalue weighted by Crippen LogP contribution is 2.38. The molecule has 21 heavy (non-hydrogen) atoms. The summed E-state index contributed by atoms with van der Waals surface area (Å²) in [5.41, 5.74) is 1.60. The zero-order valence-corrected chi connectivity index (χ0v) is 13.3. The number of methoxy groups -OCH3 is 1. The summed E-state index contributed by atoms with van der Waals surface area (Å²) < 4.78 is 7.36. The maximum Gasteiger partial charge on any atom is 0.164 e. The van der Waals surface area contributed by atoms with Gasteiger partial charge in [-0.15, -0.1) is 11.3 Å². The third kappa shape index (κ3) is 2.80. The number of rotatable bonds is 4. The summed E-state index contributed by atoms with van der Waals surface area (Å²) in [7, 11) is 1.58. The van der Waals surface area contributed by atoms with E-state index in [1.807, 2.05) is 30.3 Å². The fraction of sp³-hybridized carbons (Fsp3) is 0.125. The molecule has 0 aliphatic rings. The lowest BCUT2D eigenvalue weighted by atomic mass is 10.1. The zero-order valence-electron chi connectivity index (χ0n) is 11.6. The fourth-order valence-corrected chi connectivity index (χ4v) is 4.33. The fourth-order valence-electron chi connectivity index (χ4n) is 2.10. The van der Waals surface area contributed by atoms with Crippen LogP contribution >= 0.6 is 23.1 Å². The van der Waals surface area contributed by atoms with Crippen LogP contribution in [0.15, 0.2) is 51.7 Å². The van der Waals surface area contributed by atoms with Gasteiger partial charge in [0.25, 0.3) is 0 Å². The van der Waals surface area contributed by atoms with Crippen molar-refractivity contribution in [3.8, 4) is 5.75 Å². The number of fused-ring (bicyclic) bond motifs is 1. The minimum atomic E-state index is -0.00365. The van der Waals surface area contributed by atoms with Crippen LogP contribution in [0.3, 0.4) is 0 Å². The molecule has 0 amide bonds. The van der Waals surface area contributed by atoms with Gasteiger partial charge < -0.3 is 4.74 Å². The molecule has 5 heteroatoms. The largest absolute Gasteiger partial charge is 0.496 e. The molecular weight excluding hydrogens is 302 g/mol. The molecule has 0 aliphatic carbocycles. The predicted octanol–water partition coefficient (Wildman–Crippen LogP) is 4.66. The van der Waals surface area contributed by atoms with Gasteiger partial charge in [0.15, 0.2) is 10.1 Å². The molecule has 106 valence electrons. The molecule has 0 unspecified atom stereocenters. The van der Waals surface area contributed by atoms with E-state index in [1.165, 1.54) is 11.8 Å².